The monoisotopic (exact) mass is 285 g/mol. The number of hydrogen-bond acceptors (Lipinski definition) is 2. The fraction of sp³-hybridized carbons (Fsp3) is 0.333. The lowest BCUT2D eigenvalue weighted by Gasteiger charge is -2.23. The van der Waals surface area contributed by atoms with E-state index in [-0.39, 0.29) is 11.9 Å². The van der Waals surface area contributed by atoms with E-state index in [1.165, 1.54) is 11.6 Å². The van der Waals surface area contributed by atoms with Crippen LogP contribution in [0.25, 0.3) is 11.1 Å². The SMILES string of the molecule is CNC(C)c1ccc(F)cc1-c1cccc2c1OCCC2. The summed E-state index contributed by atoms with van der Waals surface area (Å²) in [7, 11) is 1.91. The Morgan fingerprint density at radius 3 is 2.86 bits per heavy atom. The third-order valence-corrected chi connectivity index (χ3v) is 4.14. The van der Waals surface area contributed by atoms with Gasteiger partial charge in [0.2, 0.25) is 0 Å². The van der Waals surface area contributed by atoms with Crippen LogP contribution in [0.2, 0.25) is 0 Å². The lowest BCUT2D eigenvalue weighted by molar-refractivity contribution is 0.289. The molecule has 110 valence electrons. The molecule has 0 amide bonds. The van der Waals surface area contributed by atoms with Crippen molar-refractivity contribution in [3.05, 3.63) is 53.3 Å². The molecule has 2 aromatic rings. The van der Waals surface area contributed by atoms with Crippen LogP contribution in [0.5, 0.6) is 5.75 Å². The van der Waals surface area contributed by atoms with E-state index in [0.29, 0.717) is 0 Å². The standard InChI is InChI=1S/C18H20FNO/c1-12(20-2)15-9-8-14(19)11-17(15)16-7-3-5-13-6-4-10-21-18(13)16/h3,5,7-9,11-12,20H,4,6,10H2,1-2H3. The van der Waals surface area contributed by atoms with Gasteiger partial charge >= 0.3 is 0 Å². The number of para-hydroxylation sites is 1. The van der Waals surface area contributed by atoms with Gasteiger partial charge in [0.25, 0.3) is 0 Å². The number of hydrogen-bond donors (Lipinski definition) is 1. The lowest BCUT2D eigenvalue weighted by Crippen LogP contribution is -2.14. The third-order valence-electron chi connectivity index (χ3n) is 4.14. The van der Waals surface area contributed by atoms with Crippen molar-refractivity contribution in [1.29, 1.82) is 0 Å². The maximum Gasteiger partial charge on any atom is 0.130 e. The van der Waals surface area contributed by atoms with E-state index in [1.807, 2.05) is 25.2 Å². The molecular formula is C18H20FNO. The van der Waals surface area contributed by atoms with Gasteiger partial charge in [-0.3, -0.25) is 0 Å². The minimum atomic E-state index is -0.217. The average molecular weight is 285 g/mol. The molecule has 3 heteroatoms. The zero-order valence-corrected chi connectivity index (χ0v) is 12.4. The molecule has 0 aliphatic carbocycles. The highest BCUT2D eigenvalue weighted by Gasteiger charge is 2.19. The normalized spacial score (nSPS) is 15.2. The summed E-state index contributed by atoms with van der Waals surface area (Å²) in [6.45, 7) is 2.81. The van der Waals surface area contributed by atoms with Crippen molar-refractivity contribution in [1.82, 2.24) is 5.32 Å². The number of nitrogens with one attached hydrogen (secondary N) is 1. The van der Waals surface area contributed by atoms with Crippen molar-refractivity contribution in [2.75, 3.05) is 13.7 Å². The summed E-state index contributed by atoms with van der Waals surface area (Å²) in [6.07, 6.45) is 2.06. The minimum absolute atomic E-state index is 0.153. The quantitative estimate of drug-likeness (QED) is 0.916. The van der Waals surface area contributed by atoms with Gasteiger partial charge in [-0.05, 0) is 55.6 Å². The van der Waals surface area contributed by atoms with Gasteiger partial charge in [-0.15, -0.1) is 0 Å². The molecule has 3 rings (SSSR count). The smallest absolute Gasteiger partial charge is 0.130 e. The molecule has 1 aliphatic heterocycles. The van der Waals surface area contributed by atoms with E-state index in [4.69, 9.17) is 4.74 Å². The molecule has 0 saturated heterocycles. The zero-order chi connectivity index (χ0) is 14.8. The van der Waals surface area contributed by atoms with E-state index in [0.717, 1.165) is 41.9 Å². The van der Waals surface area contributed by atoms with Crippen LogP contribution in [0.15, 0.2) is 36.4 Å². The Morgan fingerprint density at radius 1 is 1.19 bits per heavy atom. The van der Waals surface area contributed by atoms with Gasteiger partial charge in [0.1, 0.15) is 11.6 Å². The highest BCUT2D eigenvalue weighted by Crippen LogP contribution is 2.39. The summed E-state index contributed by atoms with van der Waals surface area (Å²) in [4.78, 5) is 0. The van der Waals surface area contributed by atoms with E-state index in [1.54, 1.807) is 6.07 Å². The molecule has 1 unspecified atom stereocenters. The molecule has 1 heterocycles. The summed E-state index contributed by atoms with van der Waals surface area (Å²) in [5, 5.41) is 3.23. The number of rotatable bonds is 3. The second kappa shape index (κ2) is 5.86. The maximum absolute atomic E-state index is 13.8. The highest BCUT2D eigenvalue weighted by atomic mass is 19.1. The molecule has 1 N–H and O–H groups in total. The Labute approximate surface area is 125 Å². The average Bonchev–Trinajstić information content (AvgIpc) is 2.53. The van der Waals surface area contributed by atoms with Gasteiger partial charge in [-0.2, -0.15) is 0 Å². The predicted octanol–water partition coefficient (Wildman–Crippen LogP) is 4.10. The van der Waals surface area contributed by atoms with Crippen LogP contribution in [-0.2, 0) is 6.42 Å². The molecule has 0 spiro atoms. The first-order valence-corrected chi connectivity index (χ1v) is 7.42. The van der Waals surface area contributed by atoms with Crippen molar-refractivity contribution in [3.8, 4) is 16.9 Å². The van der Waals surface area contributed by atoms with E-state index >= 15 is 0 Å². The van der Waals surface area contributed by atoms with Gasteiger partial charge in [-0.25, -0.2) is 4.39 Å². The van der Waals surface area contributed by atoms with Crippen LogP contribution < -0.4 is 10.1 Å². The van der Waals surface area contributed by atoms with Crippen molar-refractivity contribution in [3.63, 3.8) is 0 Å². The fourth-order valence-electron chi connectivity index (χ4n) is 2.90. The summed E-state index contributed by atoms with van der Waals surface area (Å²) in [5.74, 6) is 0.698. The number of halogens is 1. The Hall–Kier alpha value is -1.87. The first-order chi connectivity index (χ1) is 10.2. The highest BCUT2D eigenvalue weighted by molar-refractivity contribution is 5.75. The summed E-state index contributed by atoms with van der Waals surface area (Å²) < 4.78 is 19.6. The summed E-state index contributed by atoms with van der Waals surface area (Å²) in [6, 6.07) is 11.3. The van der Waals surface area contributed by atoms with E-state index < -0.39 is 0 Å². The molecule has 0 radical (unpaired) electrons. The Bertz CT molecular complexity index is 654. The van der Waals surface area contributed by atoms with Crippen LogP contribution in [0.1, 0.15) is 30.5 Å². The van der Waals surface area contributed by atoms with E-state index in [9.17, 15) is 4.39 Å². The van der Waals surface area contributed by atoms with Crippen molar-refractivity contribution in [2.24, 2.45) is 0 Å². The minimum Gasteiger partial charge on any atom is -0.493 e. The summed E-state index contributed by atoms with van der Waals surface area (Å²) in [5.41, 5.74) is 4.20. The Kier molecular flexibility index (Phi) is 3.93. The second-order valence-corrected chi connectivity index (χ2v) is 5.49. The first kappa shape index (κ1) is 14.1. The maximum atomic E-state index is 13.8. The fourth-order valence-corrected chi connectivity index (χ4v) is 2.90. The number of fused-ring (bicyclic) bond motifs is 1. The lowest BCUT2D eigenvalue weighted by atomic mass is 9.92. The van der Waals surface area contributed by atoms with Gasteiger partial charge < -0.3 is 10.1 Å². The third kappa shape index (κ3) is 2.66. The van der Waals surface area contributed by atoms with Crippen LogP contribution >= 0.6 is 0 Å². The van der Waals surface area contributed by atoms with Crippen LogP contribution in [-0.4, -0.2) is 13.7 Å². The number of aryl methyl sites for hydroxylation is 1. The molecule has 0 fully saturated rings. The number of ether oxygens (including phenoxy) is 1. The Morgan fingerprint density at radius 2 is 2.05 bits per heavy atom. The predicted molar refractivity (Wildman–Crippen MR) is 83.1 cm³/mol. The molecule has 0 saturated carbocycles. The second-order valence-electron chi connectivity index (χ2n) is 5.49. The topological polar surface area (TPSA) is 21.3 Å². The Balaban J connectivity index is 2.18. The van der Waals surface area contributed by atoms with Gasteiger partial charge in [0, 0.05) is 11.6 Å². The molecule has 21 heavy (non-hydrogen) atoms. The molecule has 1 atom stereocenters. The van der Waals surface area contributed by atoms with Crippen molar-refractivity contribution >= 4 is 0 Å². The largest absolute Gasteiger partial charge is 0.493 e. The molecule has 2 aromatic carbocycles. The molecule has 0 bridgehead atoms. The molecular weight excluding hydrogens is 265 g/mol. The van der Waals surface area contributed by atoms with Crippen molar-refractivity contribution < 1.29 is 9.13 Å². The van der Waals surface area contributed by atoms with Gasteiger partial charge in [0.05, 0.1) is 6.61 Å². The molecule has 2 nitrogen and oxygen atoms in total. The van der Waals surface area contributed by atoms with Crippen LogP contribution in [0.3, 0.4) is 0 Å². The number of benzene rings is 2. The zero-order valence-electron chi connectivity index (χ0n) is 12.4. The molecule has 1 aliphatic rings. The van der Waals surface area contributed by atoms with Gasteiger partial charge in [0.15, 0.2) is 0 Å². The van der Waals surface area contributed by atoms with Crippen LogP contribution in [0, 0.1) is 5.82 Å². The van der Waals surface area contributed by atoms with Crippen LogP contribution in [0.4, 0.5) is 4.39 Å². The first-order valence-electron chi connectivity index (χ1n) is 7.42. The van der Waals surface area contributed by atoms with E-state index in [2.05, 4.69) is 18.3 Å². The van der Waals surface area contributed by atoms with Gasteiger partial charge in [-0.1, -0.05) is 24.3 Å². The summed E-state index contributed by atoms with van der Waals surface area (Å²) >= 11 is 0. The van der Waals surface area contributed by atoms with Crippen molar-refractivity contribution in [2.45, 2.75) is 25.8 Å². The molecule has 0 aromatic heterocycles.